The van der Waals surface area contributed by atoms with Gasteiger partial charge in [0.05, 0.1) is 18.8 Å². The van der Waals surface area contributed by atoms with Crippen LogP contribution in [0.15, 0.2) is 12.2 Å². The zero-order chi connectivity index (χ0) is 58.0. The smallest absolute Gasteiger partial charge is 0.249 e. The molecule has 0 spiro atoms. The number of carbonyl (C=O) groups excluding carboxylic acids is 1. The standard InChI is InChI=1S/C74H147NO5/c1-3-5-7-9-11-13-15-17-19-21-23-25-27-29-31-32-33-34-35-36-37-38-39-40-41-42-44-46-48-50-52-54-56-58-60-62-64-66-68-72(78)74(80)75-70(69-76)73(79)71(77)67-65-63-61-59-57-55-53-51-49-47-45-43-30-28-26-24-22-20-18-16-14-12-10-8-6-4-2/h36-37,70-73,76-79H,3-35,38-69H2,1-2H3,(H,75,80)/b37-36-. The molecule has 80 heavy (non-hydrogen) atoms. The maximum Gasteiger partial charge on any atom is 0.249 e. The minimum absolute atomic E-state index is 0.374. The summed E-state index contributed by atoms with van der Waals surface area (Å²) < 4.78 is 0. The summed E-state index contributed by atoms with van der Waals surface area (Å²) in [5, 5.41) is 44.3. The average molecular weight is 1130 g/mol. The van der Waals surface area contributed by atoms with E-state index >= 15 is 0 Å². The minimum Gasteiger partial charge on any atom is -0.394 e. The molecule has 0 aliphatic heterocycles. The van der Waals surface area contributed by atoms with Crippen LogP contribution in [0.4, 0.5) is 0 Å². The van der Waals surface area contributed by atoms with E-state index in [1.54, 1.807) is 0 Å². The molecule has 6 heteroatoms. The number of amides is 1. The van der Waals surface area contributed by atoms with Crippen LogP contribution < -0.4 is 5.32 Å². The molecular weight excluding hydrogens is 983 g/mol. The molecule has 4 unspecified atom stereocenters. The van der Waals surface area contributed by atoms with Crippen LogP contribution in [0.1, 0.15) is 425 Å². The van der Waals surface area contributed by atoms with Crippen LogP contribution in [0.3, 0.4) is 0 Å². The van der Waals surface area contributed by atoms with Gasteiger partial charge in [-0.2, -0.15) is 0 Å². The number of carbonyl (C=O) groups is 1. The molecule has 0 rings (SSSR count). The van der Waals surface area contributed by atoms with Crippen molar-refractivity contribution in [2.24, 2.45) is 0 Å². The van der Waals surface area contributed by atoms with Crippen LogP contribution in [0.5, 0.6) is 0 Å². The molecule has 5 N–H and O–H groups in total. The highest BCUT2D eigenvalue weighted by Gasteiger charge is 2.28. The van der Waals surface area contributed by atoms with Gasteiger partial charge in [0.1, 0.15) is 12.2 Å². The van der Waals surface area contributed by atoms with Crippen molar-refractivity contribution in [3.05, 3.63) is 12.2 Å². The minimum atomic E-state index is -1.26. The summed E-state index contributed by atoms with van der Waals surface area (Å²) in [6, 6.07) is -0.984. The van der Waals surface area contributed by atoms with Gasteiger partial charge in [0.25, 0.3) is 0 Å². The van der Waals surface area contributed by atoms with Gasteiger partial charge < -0.3 is 25.7 Å². The molecule has 0 aromatic rings. The molecule has 0 saturated heterocycles. The Kier molecular flexibility index (Phi) is 68.0. The first-order chi connectivity index (χ1) is 39.5. The fourth-order valence-electron chi connectivity index (χ4n) is 12.2. The zero-order valence-electron chi connectivity index (χ0n) is 54.6. The first kappa shape index (κ1) is 79.0. The second kappa shape index (κ2) is 68.8. The number of aliphatic hydroxyl groups is 4. The lowest BCUT2D eigenvalue weighted by molar-refractivity contribution is -0.132. The summed E-state index contributed by atoms with van der Waals surface area (Å²) in [5.74, 6) is -0.574. The van der Waals surface area contributed by atoms with Crippen molar-refractivity contribution in [3.8, 4) is 0 Å². The van der Waals surface area contributed by atoms with Gasteiger partial charge >= 0.3 is 0 Å². The van der Waals surface area contributed by atoms with Crippen molar-refractivity contribution in [1.29, 1.82) is 0 Å². The third-order valence-electron chi connectivity index (χ3n) is 18.0. The highest BCUT2D eigenvalue weighted by Crippen LogP contribution is 2.20. The topological polar surface area (TPSA) is 110 Å². The van der Waals surface area contributed by atoms with Crippen molar-refractivity contribution in [2.75, 3.05) is 6.61 Å². The maximum atomic E-state index is 12.7. The molecule has 0 aliphatic rings. The molecule has 0 bridgehead atoms. The van der Waals surface area contributed by atoms with E-state index in [9.17, 15) is 25.2 Å². The van der Waals surface area contributed by atoms with E-state index in [1.165, 1.54) is 360 Å². The van der Waals surface area contributed by atoms with Gasteiger partial charge in [-0.1, -0.05) is 398 Å². The number of hydrogen-bond acceptors (Lipinski definition) is 5. The lowest BCUT2D eigenvalue weighted by Crippen LogP contribution is -2.53. The normalized spacial score (nSPS) is 13.4. The van der Waals surface area contributed by atoms with Crippen molar-refractivity contribution >= 4 is 5.91 Å². The van der Waals surface area contributed by atoms with Crippen molar-refractivity contribution in [1.82, 2.24) is 5.32 Å². The summed E-state index contributed by atoms with van der Waals surface area (Å²) in [7, 11) is 0. The Morgan fingerprint density at radius 2 is 0.500 bits per heavy atom. The number of nitrogens with one attached hydrogen (secondary N) is 1. The molecule has 0 aromatic heterocycles. The Hall–Kier alpha value is -0.950. The molecule has 0 radical (unpaired) electrons. The first-order valence-electron chi connectivity index (χ1n) is 37.1. The summed E-state index contributed by atoms with van der Waals surface area (Å²) in [4.78, 5) is 12.7. The molecule has 0 saturated carbocycles. The van der Waals surface area contributed by atoms with Gasteiger partial charge in [-0.05, 0) is 38.5 Å². The average Bonchev–Trinajstić information content (AvgIpc) is 3.46. The first-order valence-corrected chi connectivity index (χ1v) is 37.1. The number of rotatable bonds is 70. The summed E-state index contributed by atoms with van der Waals surface area (Å²) >= 11 is 0. The summed E-state index contributed by atoms with van der Waals surface area (Å²) in [6.07, 6.45) is 86.5. The highest BCUT2D eigenvalue weighted by molar-refractivity contribution is 5.80. The van der Waals surface area contributed by atoms with Crippen LogP contribution in [-0.4, -0.2) is 57.3 Å². The molecule has 0 heterocycles. The highest BCUT2D eigenvalue weighted by atomic mass is 16.3. The Morgan fingerprint density at radius 1 is 0.300 bits per heavy atom. The number of hydrogen-bond donors (Lipinski definition) is 5. The van der Waals surface area contributed by atoms with Crippen LogP contribution in [0, 0.1) is 0 Å². The molecule has 478 valence electrons. The Morgan fingerprint density at radius 3 is 0.725 bits per heavy atom. The predicted octanol–water partition coefficient (Wildman–Crippen LogP) is 23.1. The van der Waals surface area contributed by atoms with Gasteiger partial charge in [-0.25, -0.2) is 0 Å². The second-order valence-electron chi connectivity index (χ2n) is 26.0. The SMILES string of the molecule is CCCCCCCCCCCCCCCCCCCC/C=C\CCCCCCCCCCCCCCCCCCC(O)C(=O)NC(CO)C(O)C(O)CCCCCCCCCCCCCCCCCCCCCCCCCCCC. The number of unbranched alkanes of at least 4 members (excludes halogenated alkanes) is 59. The lowest BCUT2D eigenvalue weighted by atomic mass is 9.99. The second-order valence-corrected chi connectivity index (χ2v) is 26.0. The predicted molar refractivity (Wildman–Crippen MR) is 353 cm³/mol. The fourth-order valence-corrected chi connectivity index (χ4v) is 12.2. The number of allylic oxidation sites excluding steroid dienone is 2. The summed E-state index contributed by atoms with van der Waals surface area (Å²) in [5.41, 5.74) is 0. The molecule has 0 aromatic carbocycles. The molecule has 4 atom stereocenters. The van der Waals surface area contributed by atoms with Crippen molar-refractivity contribution < 1.29 is 25.2 Å². The van der Waals surface area contributed by atoms with Gasteiger partial charge in [-0.15, -0.1) is 0 Å². The Labute approximate surface area is 502 Å². The van der Waals surface area contributed by atoms with E-state index in [0.29, 0.717) is 12.8 Å². The van der Waals surface area contributed by atoms with Gasteiger partial charge in [0.2, 0.25) is 5.91 Å². The van der Waals surface area contributed by atoms with E-state index < -0.39 is 36.9 Å². The maximum absolute atomic E-state index is 12.7. The van der Waals surface area contributed by atoms with E-state index in [1.807, 2.05) is 0 Å². The van der Waals surface area contributed by atoms with Crippen LogP contribution >= 0.6 is 0 Å². The molecule has 0 aliphatic carbocycles. The van der Waals surface area contributed by atoms with E-state index in [0.717, 1.165) is 38.5 Å². The number of aliphatic hydroxyl groups excluding tert-OH is 4. The molecular formula is C74H147NO5. The van der Waals surface area contributed by atoms with E-state index in [-0.39, 0.29) is 0 Å². The molecule has 0 fully saturated rings. The van der Waals surface area contributed by atoms with Gasteiger partial charge in [-0.3, -0.25) is 4.79 Å². The van der Waals surface area contributed by atoms with Crippen LogP contribution in [0.25, 0.3) is 0 Å². The van der Waals surface area contributed by atoms with E-state index in [4.69, 9.17) is 0 Å². The summed E-state index contributed by atoms with van der Waals surface area (Å²) in [6.45, 7) is 4.12. The molecule has 1 amide bonds. The lowest BCUT2D eigenvalue weighted by Gasteiger charge is -2.27. The monoisotopic (exact) mass is 1130 g/mol. The van der Waals surface area contributed by atoms with Crippen molar-refractivity contribution in [2.45, 2.75) is 449 Å². The third-order valence-corrected chi connectivity index (χ3v) is 18.0. The third kappa shape index (κ3) is 61.6. The largest absolute Gasteiger partial charge is 0.394 e. The van der Waals surface area contributed by atoms with Crippen molar-refractivity contribution in [3.63, 3.8) is 0 Å². The van der Waals surface area contributed by atoms with Crippen LogP contribution in [0.2, 0.25) is 0 Å². The Balaban J connectivity index is 3.49. The molecule has 6 nitrogen and oxygen atoms in total. The quantitative estimate of drug-likeness (QED) is 0.0308. The van der Waals surface area contributed by atoms with E-state index in [2.05, 4.69) is 31.3 Å². The van der Waals surface area contributed by atoms with Gasteiger partial charge in [0.15, 0.2) is 0 Å². The van der Waals surface area contributed by atoms with Crippen LogP contribution in [-0.2, 0) is 4.79 Å². The van der Waals surface area contributed by atoms with Gasteiger partial charge in [0, 0.05) is 0 Å². The zero-order valence-corrected chi connectivity index (χ0v) is 54.6. The fraction of sp³-hybridized carbons (Fsp3) is 0.959. The Bertz CT molecular complexity index is 1180.